The van der Waals surface area contributed by atoms with Crippen LogP contribution in [0.15, 0.2) is 58.3 Å². The highest BCUT2D eigenvalue weighted by atomic mass is 32.2. The van der Waals surface area contributed by atoms with E-state index in [-0.39, 0.29) is 9.79 Å². The SMILES string of the molecule is NC(O)CS(=O)(=O)c1ccc(Oc2ccc(S(=O)(=O)CC(N)O)cc2)cc1. The molecule has 0 saturated carbocycles. The lowest BCUT2D eigenvalue weighted by atomic mass is 10.3. The van der Waals surface area contributed by atoms with Crippen LogP contribution < -0.4 is 16.2 Å². The summed E-state index contributed by atoms with van der Waals surface area (Å²) in [4.78, 5) is -0.0257. The van der Waals surface area contributed by atoms with Crippen LogP contribution in [0.4, 0.5) is 0 Å². The van der Waals surface area contributed by atoms with E-state index >= 15 is 0 Å². The van der Waals surface area contributed by atoms with Gasteiger partial charge in [0.25, 0.3) is 0 Å². The average molecular weight is 416 g/mol. The number of benzene rings is 2. The van der Waals surface area contributed by atoms with Gasteiger partial charge in [0.1, 0.15) is 24.0 Å². The highest BCUT2D eigenvalue weighted by Crippen LogP contribution is 2.25. The zero-order valence-electron chi connectivity index (χ0n) is 14.1. The van der Waals surface area contributed by atoms with E-state index in [1.165, 1.54) is 48.5 Å². The molecule has 0 aromatic heterocycles. The van der Waals surface area contributed by atoms with E-state index in [9.17, 15) is 16.8 Å². The number of ether oxygens (including phenoxy) is 1. The van der Waals surface area contributed by atoms with Gasteiger partial charge in [-0.3, -0.25) is 0 Å². The van der Waals surface area contributed by atoms with Crippen LogP contribution in [-0.4, -0.2) is 51.0 Å². The predicted octanol–water partition coefficient (Wildman–Crippen LogP) is -0.419. The van der Waals surface area contributed by atoms with Gasteiger partial charge in [0, 0.05) is 0 Å². The molecule has 2 rings (SSSR count). The Balaban J connectivity index is 2.12. The van der Waals surface area contributed by atoms with Crippen LogP contribution in [0.25, 0.3) is 0 Å². The Hall–Kier alpha value is -2.02. The highest BCUT2D eigenvalue weighted by molar-refractivity contribution is 7.91. The normalized spacial score (nSPS) is 14.5. The molecule has 0 aliphatic rings. The molecular weight excluding hydrogens is 396 g/mol. The Bertz CT molecular complexity index is 887. The van der Waals surface area contributed by atoms with Gasteiger partial charge in [-0.05, 0) is 48.5 Å². The Morgan fingerprint density at radius 1 is 0.704 bits per heavy atom. The molecule has 0 saturated heterocycles. The minimum absolute atomic E-state index is 0.0128. The maximum atomic E-state index is 12.0. The van der Waals surface area contributed by atoms with Crippen LogP contribution in [0.1, 0.15) is 0 Å². The number of hydrogen-bond donors (Lipinski definition) is 4. The predicted molar refractivity (Wildman–Crippen MR) is 97.5 cm³/mol. The third-order valence-electron chi connectivity index (χ3n) is 3.38. The number of rotatable bonds is 8. The second kappa shape index (κ2) is 8.33. The summed E-state index contributed by atoms with van der Waals surface area (Å²) < 4.78 is 53.4. The first-order valence-electron chi connectivity index (χ1n) is 7.70. The van der Waals surface area contributed by atoms with Crippen LogP contribution >= 0.6 is 0 Å². The lowest BCUT2D eigenvalue weighted by Crippen LogP contribution is -2.28. The Kier molecular flexibility index (Phi) is 6.57. The summed E-state index contributed by atoms with van der Waals surface area (Å²) in [6.45, 7) is 0. The van der Waals surface area contributed by atoms with Crippen molar-refractivity contribution in [2.75, 3.05) is 11.5 Å². The maximum Gasteiger partial charge on any atom is 0.182 e. The summed E-state index contributed by atoms with van der Waals surface area (Å²) in [6.07, 6.45) is -2.94. The Morgan fingerprint density at radius 2 is 1.00 bits per heavy atom. The molecule has 0 amide bonds. The summed E-state index contributed by atoms with van der Waals surface area (Å²) in [6, 6.07) is 10.9. The monoisotopic (exact) mass is 416 g/mol. The van der Waals surface area contributed by atoms with Crippen molar-refractivity contribution in [3.8, 4) is 11.5 Å². The molecule has 11 heteroatoms. The van der Waals surface area contributed by atoms with Crippen molar-refractivity contribution in [1.82, 2.24) is 0 Å². The van der Waals surface area contributed by atoms with Gasteiger partial charge in [-0.15, -0.1) is 0 Å². The van der Waals surface area contributed by atoms with Gasteiger partial charge >= 0.3 is 0 Å². The molecule has 27 heavy (non-hydrogen) atoms. The average Bonchev–Trinajstić information content (AvgIpc) is 2.53. The Labute approximate surface area is 157 Å². The number of aliphatic hydroxyl groups is 2. The molecule has 0 fully saturated rings. The molecule has 2 unspecified atom stereocenters. The smallest absolute Gasteiger partial charge is 0.182 e. The van der Waals surface area contributed by atoms with Crippen LogP contribution in [0, 0.1) is 0 Å². The first-order chi connectivity index (χ1) is 12.5. The van der Waals surface area contributed by atoms with E-state index in [1.807, 2.05) is 0 Å². The minimum Gasteiger partial charge on any atom is -0.457 e. The quantitative estimate of drug-likeness (QED) is 0.417. The first kappa shape index (κ1) is 21.3. The van der Waals surface area contributed by atoms with Crippen molar-refractivity contribution in [1.29, 1.82) is 0 Å². The van der Waals surface area contributed by atoms with Crippen molar-refractivity contribution < 1.29 is 31.8 Å². The Morgan fingerprint density at radius 3 is 1.26 bits per heavy atom. The number of hydrogen-bond acceptors (Lipinski definition) is 9. The standard InChI is InChI=1S/C16H20N2O7S2/c17-15(19)9-26(21,22)13-5-1-11(2-6-13)25-12-3-7-14(8-4-12)27(23,24)10-16(18)20/h1-8,15-16,19-20H,9-10,17-18H2. The van der Waals surface area contributed by atoms with E-state index in [1.54, 1.807) is 0 Å². The van der Waals surface area contributed by atoms with E-state index < -0.39 is 43.6 Å². The third-order valence-corrected chi connectivity index (χ3v) is 6.92. The summed E-state index contributed by atoms with van der Waals surface area (Å²) >= 11 is 0. The minimum atomic E-state index is -3.71. The molecule has 148 valence electrons. The molecule has 2 aromatic rings. The lowest BCUT2D eigenvalue weighted by molar-refractivity contribution is 0.205. The fourth-order valence-corrected chi connectivity index (χ4v) is 4.59. The zero-order chi connectivity index (χ0) is 20.2. The second-order valence-electron chi connectivity index (χ2n) is 5.74. The maximum absolute atomic E-state index is 12.0. The second-order valence-corrected chi connectivity index (χ2v) is 9.81. The van der Waals surface area contributed by atoms with Crippen LogP contribution in [0.3, 0.4) is 0 Å². The van der Waals surface area contributed by atoms with Gasteiger partial charge in [0.05, 0.1) is 21.3 Å². The van der Waals surface area contributed by atoms with Gasteiger partial charge in [0.15, 0.2) is 19.7 Å². The molecular formula is C16H20N2O7S2. The van der Waals surface area contributed by atoms with Crippen molar-refractivity contribution in [2.45, 2.75) is 22.2 Å². The fourth-order valence-electron chi connectivity index (χ4n) is 2.21. The van der Waals surface area contributed by atoms with Gasteiger partial charge in [-0.1, -0.05) is 0 Å². The zero-order valence-corrected chi connectivity index (χ0v) is 15.7. The number of aliphatic hydroxyl groups excluding tert-OH is 2. The van der Waals surface area contributed by atoms with E-state index in [2.05, 4.69) is 0 Å². The molecule has 0 aliphatic carbocycles. The molecule has 0 bridgehead atoms. The summed E-state index contributed by atoms with van der Waals surface area (Å²) in [5, 5.41) is 18.1. The first-order valence-corrected chi connectivity index (χ1v) is 11.0. The lowest BCUT2D eigenvalue weighted by Gasteiger charge is -2.10. The topological polar surface area (TPSA) is 170 Å². The number of sulfone groups is 2. The molecule has 0 heterocycles. The van der Waals surface area contributed by atoms with E-state index in [0.717, 1.165) is 0 Å². The molecule has 9 nitrogen and oxygen atoms in total. The van der Waals surface area contributed by atoms with Crippen LogP contribution in [-0.2, 0) is 19.7 Å². The van der Waals surface area contributed by atoms with Crippen molar-refractivity contribution in [2.24, 2.45) is 11.5 Å². The van der Waals surface area contributed by atoms with Crippen molar-refractivity contribution in [3.05, 3.63) is 48.5 Å². The third kappa shape index (κ3) is 5.99. The summed E-state index contributed by atoms with van der Waals surface area (Å²) in [7, 11) is -7.42. The van der Waals surface area contributed by atoms with Crippen LogP contribution in [0.5, 0.6) is 11.5 Å². The fraction of sp³-hybridized carbons (Fsp3) is 0.250. The molecule has 0 aliphatic heterocycles. The van der Waals surface area contributed by atoms with Gasteiger partial charge < -0.3 is 26.4 Å². The van der Waals surface area contributed by atoms with E-state index in [4.69, 9.17) is 26.4 Å². The van der Waals surface area contributed by atoms with Crippen molar-refractivity contribution in [3.63, 3.8) is 0 Å². The van der Waals surface area contributed by atoms with Gasteiger partial charge in [-0.2, -0.15) is 0 Å². The van der Waals surface area contributed by atoms with Crippen molar-refractivity contribution >= 4 is 19.7 Å². The van der Waals surface area contributed by atoms with Crippen LogP contribution in [0.2, 0.25) is 0 Å². The molecule has 6 N–H and O–H groups in total. The number of nitrogens with two attached hydrogens (primary N) is 2. The highest BCUT2D eigenvalue weighted by Gasteiger charge is 2.18. The summed E-state index contributed by atoms with van der Waals surface area (Å²) in [5.41, 5.74) is 10.2. The van der Waals surface area contributed by atoms with Gasteiger partial charge in [-0.25, -0.2) is 16.8 Å². The molecule has 2 aromatic carbocycles. The molecule has 0 radical (unpaired) electrons. The largest absolute Gasteiger partial charge is 0.457 e. The summed E-state index contributed by atoms with van der Waals surface area (Å²) in [5.74, 6) is -0.535. The van der Waals surface area contributed by atoms with Gasteiger partial charge in [0.2, 0.25) is 0 Å². The van der Waals surface area contributed by atoms with E-state index in [0.29, 0.717) is 11.5 Å². The molecule has 2 atom stereocenters. The molecule has 0 spiro atoms.